The highest BCUT2D eigenvalue weighted by atomic mass is 28.3. The highest BCUT2D eigenvalue weighted by Crippen LogP contribution is 2.68. The maximum atomic E-state index is 12.5. The molecule has 3 aliphatic rings. The Bertz CT molecular complexity index is 686. The van der Waals surface area contributed by atoms with Crippen molar-refractivity contribution in [2.24, 2.45) is 11.8 Å². The maximum Gasteiger partial charge on any atom is 0.333 e. The fourth-order valence-corrected chi connectivity index (χ4v) is 6.96. The van der Waals surface area contributed by atoms with Crippen molar-refractivity contribution in [1.82, 2.24) is 0 Å². The molecular weight excluding hydrogens is 292 g/mol. The number of fused-ring (bicyclic) bond motifs is 8. The number of hydrogen-bond acceptors (Lipinski definition) is 3. The third-order valence-corrected chi connectivity index (χ3v) is 7.42. The molecule has 0 saturated carbocycles. The molecule has 0 N–H and O–H groups in total. The first-order valence-electron chi connectivity index (χ1n) is 8.11. The average molecular weight is 314 g/mol. The van der Waals surface area contributed by atoms with E-state index in [2.05, 4.69) is 43.9 Å². The van der Waals surface area contributed by atoms with Crippen LogP contribution in [0.3, 0.4) is 0 Å². The van der Waals surface area contributed by atoms with Crippen molar-refractivity contribution >= 4 is 14.0 Å². The van der Waals surface area contributed by atoms with Crippen LogP contribution >= 0.6 is 0 Å². The van der Waals surface area contributed by atoms with Crippen LogP contribution in [0.15, 0.2) is 35.0 Å². The van der Waals surface area contributed by atoms with Crippen LogP contribution in [0.2, 0.25) is 19.6 Å². The molecule has 1 aromatic carbocycles. The van der Waals surface area contributed by atoms with Crippen molar-refractivity contribution in [3.8, 4) is 0 Å². The lowest BCUT2D eigenvalue weighted by Crippen LogP contribution is -2.47. The second-order valence-corrected chi connectivity index (χ2v) is 12.5. The number of hydrogen-bond donors (Lipinski definition) is 0. The number of benzene rings is 1. The minimum atomic E-state index is -1.57. The van der Waals surface area contributed by atoms with Gasteiger partial charge in [0.1, 0.15) is 0 Å². The van der Waals surface area contributed by atoms with E-state index in [1.807, 2.05) is 6.92 Å². The smallest absolute Gasteiger partial charge is 0.333 e. The summed E-state index contributed by atoms with van der Waals surface area (Å²) >= 11 is 0. The van der Waals surface area contributed by atoms with Gasteiger partial charge in [-0.3, -0.25) is 0 Å². The van der Waals surface area contributed by atoms with E-state index in [9.17, 15) is 4.79 Å². The quantitative estimate of drug-likeness (QED) is 0.629. The van der Waals surface area contributed by atoms with Gasteiger partial charge in [-0.2, -0.15) is 0 Å². The topological polar surface area (TPSA) is 35.5 Å². The summed E-state index contributed by atoms with van der Waals surface area (Å²) in [5.74, 6) is 0.487. The number of ether oxygens (including phenoxy) is 2. The molecule has 116 valence electrons. The van der Waals surface area contributed by atoms with Crippen LogP contribution < -0.4 is 0 Å². The molecule has 4 atom stereocenters. The summed E-state index contributed by atoms with van der Waals surface area (Å²) in [6, 6.07) is 8.47. The van der Waals surface area contributed by atoms with E-state index in [1.165, 1.54) is 16.3 Å². The normalized spacial score (nSPS) is 31.6. The van der Waals surface area contributed by atoms with Gasteiger partial charge in [-0.25, -0.2) is 4.79 Å². The van der Waals surface area contributed by atoms with Gasteiger partial charge in [0.25, 0.3) is 0 Å². The second kappa shape index (κ2) is 4.55. The Morgan fingerprint density at radius 1 is 1.14 bits per heavy atom. The molecule has 0 spiro atoms. The molecule has 2 bridgehead atoms. The zero-order valence-corrected chi connectivity index (χ0v) is 14.6. The van der Waals surface area contributed by atoms with Crippen LogP contribution in [0, 0.1) is 11.8 Å². The van der Waals surface area contributed by atoms with Gasteiger partial charge in [0.15, 0.2) is 0 Å². The van der Waals surface area contributed by atoms with E-state index >= 15 is 0 Å². The van der Waals surface area contributed by atoms with E-state index in [-0.39, 0.29) is 24.1 Å². The summed E-state index contributed by atoms with van der Waals surface area (Å²) in [7, 11) is -1.57. The molecule has 1 fully saturated rings. The standard InChI is InChI=1S/C18H22O3Si/c1-5-20-18(19)14-12-13(17(14)22(2,3)4)16-11-9-7-6-8-10(11)15(12)21-16/h6-9,12-13,15-16H,5H2,1-4H3/t12?,13?,15-,16+/m0/s1. The number of rotatable bonds is 3. The van der Waals surface area contributed by atoms with Crippen molar-refractivity contribution < 1.29 is 14.3 Å². The van der Waals surface area contributed by atoms with Gasteiger partial charge < -0.3 is 9.47 Å². The van der Waals surface area contributed by atoms with Crippen molar-refractivity contribution in [2.45, 2.75) is 38.8 Å². The van der Waals surface area contributed by atoms with Crippen molar-refractivity contribution in [3.05, 3.63) is 46.2 Å². The number of carbonyl (C=O) groups is 1. The van der Waals surface area contributed by atoms with Crippen molar-refractivity contribution in [1.29, 1.82) is 0 Å². The SMILES string of the molecule is CCOC(=O)C1=C([Si](C)(C)C)C2C1[C@H]1O[C@@H]2c2ccccc21. The van der Waals surface area contributed by atoms with Crippen LogP contribution in [0.4, 0.5) is 0 Å². The van der Waals surface area contributed by atoms with E-state index in [0.29, 0.717) is 12.5 Å². The first kappa shape index (κ1) is 14.2. The summed E-state index contributed by atoms with van der Waals surface area (Å²) in [5, 5.41) is 1.37. The first-order chi connectivity index (χ1) is 10.4. The highest BCUT2D eigenvalue weighted by molar-refractivity contribution is 6.84. The lowest BCUT2D eigenvalue weighted by Gasteiger charge is -2.46. The number of carbonyl (C=O) groups excluding carboxylic acids is 1. The van der Waals surface area contributed by atoms with E-state index < -0.39 is 8.07 Å². The summed E-state index contributed by atoms with van der Waals surface area (Å²) < 4.78 is 11.6. The third kappa shape index (κ3) is 1.68. The van der Waals surface area contributed by atoms with Gasteiger partial charge in [0, 0.05) is 17.4 Å². The molecule has 0 amide bonds. The summed E-state index contributed by atoms with van der Waals surface area (Å²) in [6.07, 6.45) is 0.191. The van der Waals surface area contributed by atoms with E-state index in [1.54, 1.807) is 0 Å². The fraction of sp³-hybridized carbons (Fsp3) is 0.500. The van der Waals surface area contributed by atoms with Crippen LogP contribution in [-0.2, 0) is 14.3 Å². The molecule has 1 saturated heterocycles. The molecule has 0 aromatic heterocycles. The largest absolute Gasteiger partial charge is 0.463 e. The monoisotopic (exact) mass is 314 g/mol. The lowest BCUT2D eigenvalue weighted by molar-refractivity contribution is -0.140. The molecule has 1 aliphatic carbocycles. The van der Waals surface area contributed by atoms with Crippen LogP contribution in [-0.4, -0.2) is 20.7 Å². The third-order valence-electron chi connectivity index (χ3n) is 5.20. The molecule has 4 rings (SSSR count). The molecule has 2 aliphatic heterocycles. The summed E-state index contributed by atoms with van der Waals surface area (Å²) in [6.45, 7) is 9.25. The van der Waals surface area contributed by atoms with Crippen LogP contribution in [0.5, 0.6) is 0 Å². The van der Waals surface area contributed by atoms with Gasteiger partial charge in [-0.05, 0) is 18.1 Å². The van der Waals surface area contributed by atoms with Gasteiger partial charge >= 0.3 is 5.97 Å². The van der Waals surface area contributed by atoms with Gasteiger partial charge in [0.2, 0.25) is 0 Å². The zero-order chi connectivity index (χ0) is 15.6. The highest BCUT2D eigenvalue weighted by Gasteiger charge is 2.63. The molecular formula is C18H22O3Si. The Morgan fingerprint density at radius 3 is 2.27 bits per heavy atom. The molecule has 22 heavy (non-hydrogen) atoms. The Labute approximate surface area is 132 Å². The maximum absolute atomic E-state index is 12.5. The molecule has 0 radical (unpaired) electrons. The summed E-state index contributed by atoms with van der Waals surface area (Å²) in [5.41, 5.74) is 3.53. The molecule has 1 aromatic rings. The van der Waals surface area contributed by atoms with Crippen molar-refractivity contribution in [3.63, 3.8) is 0 Å². The molecule has 3 nitrogen and oxygen atoms in total. The van der Waals surface area contributed by atoms with Crippen LogP contribution in [0.25, 0.3) is 0 Å². The van der Waals surface area contributed by atoms with Gasteiger partial charge in [0.05, 0.1) is 26.9 Å². The minimum absolute atomic E-state index is 0.0470. The van der Waals surface area contributed by atoms with Gasteiger partial charge in [-0.1, -0.05) is 49.1 Å². The molecule has 2 unspecified atom stereocenters. The predicted molar refractivity (Wildman–Crippen MR) is 87.0 cm³/mol. The van der Waals surface area contributed by atoms with E-state index in [4.69, 9.17) is 9.47 Å². The fourth-order valence-electron chi connectivity index (χ4n) is 4.55. The van der Waals surface area contributed by atoms with Crippen LogP contribution in [0.1, 0.15) is 30.3 Å². The minimum Gasteiger partial charge on any atom is -0.463 e. The Hall–Kier alpha value is -1.39. The lowest BCUT2D eigenvalue weighted by atomic mass is 9.64. The number of esters is 1. The van der Waals surface area contributed by atoms with Crippen molar-refractivity contribution in [2.75, 3.05) is 6.61 Å². The molecule has 4 heteroatoms. The zero-order valence-electron chi connectivity index (χ0n) is 13.6. The average Bonchev–Trinajstić information content (AvgIpc) is 2.90. The summed E-state index contributed by atoms with van der Waals surface area (Å²) in [4.78, 5) is 12.5. The predicted octanol–water partition coefficient (Wildman–Crippen LogP) is 3.80. The second-order valence-electron chi connectivity index (χ2n) is 7.46. The molecule has 2 heterocycles. The Kier molecular flexibility index (Phi) is 2.94. The Balaban J connectivity index is 1.80. The van der Waals surface area contributed by atoms with E-state index in [0.717, 1.165) is 5.57 Å². The Morgan fingerprint density at radius 2 is 1.73 bits per heavy atom. The first-order valence-corrected chi connectivity index (χ1v) is 11.6. The van der Waals surface area contributed by atoms with Gasteiger partial charge in [-0.15, -0.1) is 0 Å².